The number of hydrogen-bond acceptors (Lipinski definition) is 5. The van der Waals surface area contributed by atoms with Gasteiger partial charge in [-0.1, -0.05) is 97.5 Å². The molecule has 2 unspecified atom stereocenters. The van der Waals surface area contributed by atoms with Crippen molar-refractivity contribution < 1.29 is 14.1 Å². The van der Waals surface area contributed by atoms with Gasteiger partial charge in [-0.25, -0.2) is 0 Å². The van der Waals surface area contributed by atoms with Gasteiger partial charge in [0.2, 0.25) is 5.91 Å². The first-order chi connectivity index (χ1) is 18.3. The van der Waals surface area contributed by atoms with Crippen molar-refractivity contribution in [1.29, 1.82) is 0 Å². The third-order valence-electron chi connectivity index (χ3n) is 6.07. The molecule has 3 aromatic rings. The number of rotatable bonds is 9. The minimum absolute atomic E-state index is 0.0100. The minimum Gasteiger partial charge on any atom is -0.356 e. The number of aromatic nitrogens is 1. The molecule has 3 rings (SSSR count). The van der Waals surface area contributed by atoms with Crippen molar-refractivity contribution in [2.45, 2.75) is 51.5 Å². The lowest BCUT2D eigenvalue weighted by Gasteiger charge is -2.32. The predicted octanol–water partition coefficient (Wildman–Crippen LogP) is 6.90. The number of carbonyl (C=O) groups is 2. The highest BCUT2D eigenvalue weighted by molar-refractivity contribution is 6.54. The zero-order valence-electron chi connectivity index (χ0n) is 22.5. The van der Waals surface area contributed by atoms with Crippen molar-refractivity contribution in [3.63, 3.8) is 0 Å². The van der Waals surface area contributed by atoms with E-state index in [1.807, 2.05) is 58.9 Å². The zero-order chi connectivity index (χ0) is 29.3. The van der Waals surface area contributed by atoms with Crippen LogP contribution in [0.1, 0.15) is 33.3 Å². The van der Waals surface area contributed by atoms with Gasteiger partial charge in [0.1, 0.15) is 0 Å². The van der Waals surface area contributed by atoms with Crippen molar-refractivity contribution in [3.8, 4) is 11.3 Å². The van der Waals surface area contributed by atoms with Gasteiger partial charge in [0.15, 0.2) is 10.6 Å². The van der Waals surface area contributed by atoms with Crippen LogP contribution in [0.4, 0.5) is 5.69 Å². The van der Waals surface area contributed by atoms with E-state index in [0.717, 1.165) is 21.2 Å². The van der Waals surface area contributed by atoms with Crippen LogP contribution in [0.5, 0.6) is 0 Å². The fourth-order valence-electron chi connectivity index (χ4n) is 3.41. The minimum atomic E-state index is -1.25. The normalized spacial score (nSPS) is 12.6. The number of nitrogens with zero attached hydrogens (tertiary/aromatic N) is 2. The maximum absolute atomic E-state index is 12.8. The molecule has 2 amide bonds. The highest BCUT2D eigenvalue weighted by atomic mass is 35.5. The van der Waals surface area contributed by atoms with Gasteiger partial charge in [-0.05, 0) is 48.6 Å². The summed E-state index contributed by atoms with van der Waals surface area (Å²) in [5.41, 5.74) is 8.25. The lowest BCUT2D eigenvalue weighted by Crippen LogP contribution is -2.54. The number of nitrogens with one attached hydrogen (secondary N) is 1. The van der Waals surface area contributed by atoms with E-state index in [-0.39, 0.29) is 30.3 Å². The van der Waals surface area contributed by atoms with Gasteiger partial charge in [-0.2, -0.15) is 0 Å². The lowest BCUT2D eigenvalue weighted by atomic mass is 10.00. The Labute approximate surface area is 249 Å². The van der Waals surface area contributed by atoms with Crippen molar-refractivity contribution >= 4 is 63.9 Å². The summed E-state index contributed by atoms with van der Waals surface area (Å²) >= 11 is 23.3. The number of alkyl halides is 2. The molecule has 0 saturated heterocycles. The average Bonchev–Trinajstić information content (AvgIpc) is 3.44. The SMILES string of the molecule is CC(C)C(CN(C(=O)C(Cl)Cl)c1cccc(-c2ccno2)c1)NC(=O)C(N)C(C)C.Cc1c(Cl)cccc1Cl. The maximum atomic E-state index is 12.8. The molecule has 3 N–H and O–H groups in total. The molecule has 7 nitrogen and oxygen atoms in total. The van der Waals surface area contributed by atoms with E-state index in [0.29, 0.717) is 11.4 Å². The van der Waals surface area contributed by atoms with Crippen LogP contribution < -0.4 is 16.0 Å². The lowest BCUT2D eigenvalue weighted by molar-refractivity contribution is -0.124. The van der Waals surface area contributed by atoms with Gasteiger partial charge in [0, 0.05) is 39.9 Å². The number of halogens is 4. The molecule has 0 aliphatic rings. The summed E-state index contributed by atoms with van der Waals surface area (Å²) in [4.78, 5) is 25.6. The first-order valence-corrected chi connectivity index (χ1v) is 14.0. The van der Waals surface area contributed by atoms with E-state index < -0.39 is 16.8 Å². The molecule has 2 aromatic carbocycles. The molecule has 0 aliphatic carbocycles. The molecule has 1 heterocycles. The summed E-state index contributed by atoms with van der Waals surface area (Å²) in [6.45, 7) is 9.75. The van der Waals surface area contributed by atoms with Crippen molar-refractivity contribution in [1.82, 2.24) is 10.5 Å². The van der Waals surface area contributed by atoms with Gasteiger partial charge in [-0.15, -0.1) is 0 Å². The molecule has 39 heavy (non-hydrogen) atoms. The predicted molar refractivity (Wildman–Crippen MR) is 161 cm³/mol. The van der Waals surface area contributed by atoms with Gasteiger partial charge in [0.05, 0.1) is 12.2 Å². The Morgan fingerprint density at radius 3 is 2.10 bits per heavy atom. The topological polar surface area (TPSA) is 101 Å². The molecule has 212 valence electrons. The largest absolute Gasteiger partial charge is 0.356 e. The highest BCUT2D eigenvalue weighted by Crippen LogP contribution is 2.27. The van der Waals surface area contributed by atoms with E-state index >= 15 is 0 Å². The molecule has 0 saturated carbocycles. The molecule has 0 radical (unpaired) electrons. The van der Waals surface area contributed by atoms with E-state index in [1.54, 1.807) is 30.5 Å². The molecular weight excluding hydrogens is 582 g/mol. The summed E-state index contributed by atoms with van der Waals surface area (Å²) in [6, 6.07) is 13.4. The molecule has 0 aliphatic heterocycles. The summed E-state index contributed by atoms with van der Waals surface area (Å²) < 4.78 is 5.21. The Bertz CT molecular complexity index is 1200. The van der Waals surface area contributed by atoms with E-state index in [9.17, 15) is 9.59 Å². The Morgan fingerprint density at radius 2 is 1.62 bits per heavy atom. The van der Waals surface area contributed by atoms with Crippen LogP contribution in [0.25, 0.3) is 11.3 Å². The number of anilines is 1. The van der Waals surface area contributed by atoms with E-state index in [2.05, 4.69) is 10.5 Å². The molecule has 0 spiro atoms. The monoisotopic (exact) mass is 614 g/mol. The van der Waals surface area contributed by atoms with Crippen LogP contribution in [0.2, 0.25) is 10.0 Å². The zero-order valence-corrected chi connectivity index (χ0v) is 25.5. The van der Waals surface area contributed by atoms with E-state index in [4.69, 9.17) is 56.7 Å². The highest BCUT2D eigenvalue weighted by Gasteiger charge is 2.29. The summed E-state index contributed by atoms with van der Waals surface area (Å²) in [7, 11) is 0. The first kappa shape index (κ1) is 32.9. The van der Waals surface area contributed by atoms with Crippen LogP contribution in [0.15, 0.2) is 59.3 Å². The Kier molecular flexibility index (Phi) is 13.1. The van der Waals surface area contributed by atoms with Crippen LogP contribution in [-0.2, 0) is 9.59 Å². The van der Waals surface area contributed by atoms with Gasteiger partial charge in [0.25, 0.3) is 5.91 Å². The molecule has 0 fully saturated rings. The molecule has 0 bridgehead atoms. The summed E-state index contributed by atoms with van der Waals surface area (Å²) in [6.07, 6.45) is 1.54. The van der Waals surface area contributed by atoms with Crippen LogP contribution in [-0.4, -0.2) is 40.4 Å². The summed E-state index contributed by atoms with van der Waals surface area (Å²) in [5, 5.41) is 8.12. The van der Waals surface area contributed by atoms with Crippen molar-refractivity contribution in [3.05, 3.63) is 70.3 Å². The number of nitrogens with two attached hydrogens (primary N) is 1. The standard InChI is InChI=1S/C21H28Cl2N4O3.C7H6Cl2/c1-12(2)16(26-20(28)18(24)13(3)4)11-27(21(29)19(22)23)15-7-5-6-14(10-15)17-8-9-25-30-17;1-5-6(8)3-2-4-7(5)9/h5-10,12-13,16,18-19H,11,24H2,1-4H3,(H,26,28);2-4H,1H3. The second kappa shape index (κ2) is 15.5. The van der Waals surface area contributed by atoms with Gasteiger partial charge < -0.3 is 20.5 Å². The quantitative estimate of drug-likeness (QED) is 0.255. The fraction of sp³-hybridized carbons (Fsp3) is 0.393. The molecule has 11 heteroatoms. The number of carbonyl (C=O) groups excluding carboxylic acids is 2. The van der Waals surface area contributed by atoms with Gasteiger partial charge >= 0.3 is 0 Å². The van der Waals surface area contributed by atoms with Crippen molar-refractivity contribution in [2.75, 3.05) is 11.4 Å². The Balaban J connectivity index is 0.000000499. The van der Waals surface area contributed by atoms with Gasteiger partial charge in [-0.3, -0.25) is 9.59 Å². The molecule has 1 aromatic heterocycles. The van der Waals surface area contributed by atoms with Crippen molar-refractivity contribution in [2.24, 2.45) is 17.6 Å². The fourth-order valence-corrected chi connectivity index (χ4v) is 4.05. The Hall–Kier alpha value is -2.29. The third kappa shape index (κ3) is 9.69. The molecular formula is C28H34Cl4N4O3. The summed E-state index contributed by atoms with van der Waals surface area (Å²) in [5.74, 6) is -0.163. The van der Waals surface area contributed by atoms with Crippen LogP contribution >= 0.6 is 46.4 Å². The molecule has 2 atom stereocenters. The third-order valence-corrected chi connectivity index (χ3v) is 7.26. The first-order valence-electron chi connectivity index (χ1n) is 12.4. The maximum Gasteiger partial charge on any atom is 0.260 e. The van der Waals surface area contributed by atoms with E-state index in [1.165, 1.54) is 4.90 Å². The number of benzene rings is 2. The van der Waals surface area contributed by atoms with Crippen LogP contribution in [0.3, 0.4) is 0 Å². The smallest absolute Gasteiger partial charge is 0.260 e. The average molecular weight is 616 g/mol. The number of amides is 2. The van der Waals surface area contributed by atoms with Crippen LogP contribution in [0, 0.1) is 18.8 Å². The number of hydrogen-bond donors (Lipinski definition) is 2. The second-order valence-corrected chi connectivity index (χ2v) is 11.6. The Morgan fingerprint density at radius 1 is 1.00 bits per heavy atom. The second-order valence-electron chi connectivity index (χ2n) is 9.65.